The fraction of sp³-hybridized carbons (Fsp3) is 0.188. The van der Waals surface area contributed by atoms with Gasteiger partial charge in [-0.1, -0.05) is 45.7 Å². The van der Waals surface area contributed by atoms with E-state index in [1.54, 1.807) is 19.1 Å². The Kier molecular flexibility index (Phi) is 5.80. The predicted molar refractivity (Wildman–Crippen MR) is 87.5 cm³/mol. The Morgan fingerprint density at radius 3 is 2.77 bits per heavy atom. The standard InChI is InChI=1S/C16H14BrClFNO2/c1-10(22-15-7-6-12(17)8-14(15)19)16(21)20-9-11-4-2-3-5-13(11)18/h2-8,10H,9H2,1H3,(H,20,21). The molecule has 0 aliphatic heterocycles. The number of amides is 1. The van der Waals surface area contributed by atoms with Crippen molar-refractivity contribution in [2.24, 2.45) is 0 Å². The lowest BCUT2D eigenvalue weighted by Crippen LogP contribution is -2.36. The molecule has 0 saturated carbocycles. The van der Waals surface area contributed by atoms with Gasteiger partial charge in [-0.15, -0.1) is 0 Å². The van der Waals surface area contributed by atoms with Gasteiger partial charge >= 0.3 is 0 Å². The van der Waals surface area contributed by atoms with E-state index in [2.05, 4.69) is 21.2 Å². The van der Waals surface area contributed by atoms with Crippen molar-refractivity contribution in [3.63, 3.8) is 0 Å². The van der Waals surface area contributed by atoms with Crippen LogP contribution in [-0.2, 0) is 11.3 Å². The third kappa shape index (κ3) is 4.45. The molecule has 6 heteroatoms. The van der Waals surface area contributed by atoms with Crippen LogP contribution in [0.15, 0.2) is 46.9 Å². The highest BCUT2D eigenvalue weighted by Crippen LogP contribution is 2.22. The van der Waals surface area contributed by atoms with E-state index in [1.807, 2.05) is 18.2 Å². The Balaban J connectivity index is 1.93. The predicted octanol–water partition coefficient (Wildman–Crippen LogP) is 4.33. The summed E-state index contributed by atoms with van der Waals surface area (Å²) >= 11 is 9.18. The summed E-state index contributed by atoms with van der Waals surface area (Å²) in [5.74, 6) is -0.842. The molecule has 2 aromatic rings. The van der Waals surface area contributed by atoms with E-state index in [0.717, 1.165) is 5.56 Å². The van der Waals surface area contributed by atoms with Gasteiger partial charge in [-0.25, -0.2) is 4.39 Å². The summed E-state index contributed by atoms with van der Waals surface area (Å²) in [4.78, 5) is 12.0. The summed E-state index contributed by atoms with van der Waals surface area (Å²) in [6.07, 6.45) is -0.821. The molecule has 2 aromatic carbocycles. The molecule has 1 amide bonds. The minimum atomic E-state index is -0.821. The molecule has 1 atom stereocenters. The smallest absolute Gasteiger partial charge is 0.261 e. The van der Waals surface area contributed by atoms with E-state index < -0.39 is 11.9 Å². The van der Waals surface area contributed by atoms with Gasteiger partial charge in [0.25, 0.3) is 5.91 Å². The molecule has 0 aliphatic rings. The second-order valence-corrected chi connectivity index (χ2v) is 5.97. The first kappa shape index (κ1) is 16.8. The Morgan fingerprint density at radius 2 is 2.09 bits per heavy atom. The van der Waals surface area contributed by atoms with Crippen LogP contribution in [0.2, 0.25) is 5.02 Å². The third-order valence-corrected chi connectivity index (χ3v) is 3.84. The van der Waals surface area contributed by atoms with Crippen molar-refractivity contribution in [2.45, 2.75) is 19.6 Å². The average Bonchev–Trinajstić information content (AvgIpc) is 2.49. The topological polar surface area (TPSA) is 38.3 Å². The maximum atomic E-state index is 13.7. The first-order valence-electron chi connectivity index (χ1n) is 6.60. The van der Waals surface area contributed by atoms with Crippen molar-refractivity contribution in [2.75, 3.05) is 0 Å². The summed E-state index contributed by atoms with van der Waals surface area (Å²) < 4.78 is 19.6. The number of hydrogen-bond donors (Lipinski definition) is 1. The summed E-state index contributed by atoms with van der Waals surface area (Å²) in [6, 6.07) is 11.6. The largest absolute Gasteiger partial charge is 0.478 e. The number of halogens is 3. The number of rotatable bonds is 5. The molecule has 0 bridgehead atoms. The van der Waals surface area contributed by atoms with Crippen LogP contribution in [0.3, 0.4) is 0 Å². The van der Waals surface area contributed by atoms with Gasteiger partial charge in [0.05, 0.1) is 0 Å². The number of nitrogens with one attached hydrogen (secondary N) is 1. The van der Waals surface area contributed by atoms with E-state index in [9.17, 15) is 9.18 Å². The highest BCUT2D eigenvalue weighted by molar-refractivity contribution is 9.10. The van der Waals surface area contributed by atoms with Gasteiger partial charge < -0.3 is 10.1 Å². The number of carbonyl (C=O) groups is 1. The van der Waals surface area contributed by atoms with Crippen molar-refractivity contribution < 1.29 is 13.9 Å². The van der Waals surface area contributed by atoms with E-state index in [-0.39, 0.29) is 18.2 Å². The minimum absolute atomic E-state index is 0.0311. The van der Waals surface area contributed by atoms with Crippen LogP contribution in [0.4, 0.5) is 4.39 Å². The fourth-order valence-corrected chi connectivity index (χ4v) is 2.32. The average molecular weight is 387 g/mol. The van der Waals surface area contributed by atoms with Gasteiger partial charge in [0.1, 0.15) is 0 Å². The number of ether oxygens (including phenoxy) is 1. The second kappa shape index (κ2) is 7.61. The van der Waals surface area contributed by atoms with Gasteiger partial charge in [-0.3, -0.25) is 4.79 Å². The molecule has 1 unspecified atom stereocenters. The van der Waals surface area contributed by atoms with Gasteiger partial charge in [-0.05, 0) is 36.8 Å². The maximum Gasteiger partial charge on any atom is 0.261 e. The molecule has 1 N–H and O–H groups in total. The zero-order valence-corrected chi connectivity index (χ0v) is 14.1. The normalized spacial score (nSPS) is 11.8. The second-order valence-electron chi connectivity index (χ2n) is 4.64. The number of benzene rings is 2. The summed E-state index contributed by atoms with van der Waals surface area (Å²) in [5.41, 5.74) is 0.805. The van der Waals surface area contributed by atoms with Gasteiger partial charge in [0.15, 0.2) is 17.7 Å². The van der Waals surface area contributed by atoms with E-state index in [0.29, 0.717) is 9.50 Å². The van der Waals surface area contributed by atoms with Crippen LogP contribution in [0.5, 0.6) is 5.75 Å². The van der Waals surface area contributed by atoms with Crippen molar-refractivity contribution in [3.8, 4) is 5.75 Å². The lowest BCUT2D eigenvalue weighted by atomic mass is 10.2. The first-order chi connectivity index (χ1) is 10.5. The summed E-state index contributed by atoms with van der Waals surface area (Å²) in [7, 11) is 0. The minimum Gasteiger partial charge on any atom is -0.478 e. The molecule has 0 radical (unpaired) electrons. The highest BCUT2D eigenvalue weighted by Gasteiger charge is 2.16. The van der Waals surface area contributed by atoms with Crippen LogP contribution < -0.4 is 10.1 Å². The summed E-state index contributed by atoms with van der Waals surface area (Å²) in [5, 5.41) is 3.29. The maximum absolute atomic E-state index is 13.7. The van der Waals surface area contributed by atoms with Crippen molar-refractivity contribution in [3.05, 3.63) is 63.3 Å². The lowest BCUT2D eigenvalue weighted by Gasteiger charge is -2.15. The molecule has 116 valence electrons. The molecule has 0 aromatic heterocycles. The van der Waals surface area contributed by atoms with Gasteiger partial charge in [-0.2, -0.15) is 0 Å². The SMILES string of the molecule is CC(Oc1ccc(Br)cc1F)C(=O)NCc1ccccc1Cl. The molecule has 0 saturated heterocycles. The molecule has 0 heterocycles. The zero-order chi connectivity index (χ0) is 16.1. The van der Waals surface area contributed by atoms with Crippen LogP contribution in [0.25, 0.3) is 0 Å². The zero-order valence-electron chi connectivity index (χ0n) is 11.8. The quantitative estimate of drug-likeness (QED) is 0.831. The Hall–Kier alpha value is -1.59. The van der Waals surface area contributed by atoms with Crippen LogP contribution in [0.1, 0.15) is 12.5 Å². The molecule has 0 aliphatic carbocycles. The third-order valence-electron chi connectivity index (χ3n) is 2.98. The number of hydrogen-bond acceptors (Lipinski definition) is 2. The van der Waals surface area contributed by atoms with Crippen molar-refractivity contribution in [1.82, 2.24) is 5.32 Å². The van der Waals surface area contributed by atoms with E-state index in [1.165, 1.54) is 12.1 Å². The molecule has 2 rings (SSSR count). The first-order valence-corrected chi connectivity index (χ1v) is 7.77. The van der Waals surface area contributed by atoms with Gasteiger partial charge in [0, 0.05) is 16.0 Å². The monoisotopic (exact) mass is 385 g/mol. The van der Waals surface area contributed by atoms with E-state index >= 15 is 0 Å². The molecular weight excluding hydrogens is 373 g/mol. The molecule has 0 fully saturated rings. The molecule has 0 spiro atoms. The van der Waals surface area contributed by atoms with Gasteiger partial charge in [0.2, 0.25) is 0 Å². The fourth-order valence-electron chi connectivity index (χ4n) is 1.78. The number of carbonyl (C=O) groups excluding carboxylic acids is 1. The van der Waals surface area contributed by atoms with Crippen LogP contribution in [-0.4, -0.2) is 12.0 Å². The molecule has 22 heavy (non-hydrogen) atoms. The Morgan fingerprint density at radius 1 is 1.36 bits per heavy atom. The molecule has 3 nitrogen and oxygen atoms in total. The molecular formula is C16H14BrClFNO2. The Labute approximate surface area is 141 Å². The van der Waals surface area contributed by atoms with Crippen molar-refractivity contribution in [1.29, 1.82) is 0 Å². The Bertz CT molecular complexity index is 681. The van der Waals surface area contributed by atoms with Crippen LogP contribution >= 0.6 is 27.5 Å². The highest BCUT2D eigenvalue weighted by atomic mass is 79.9. The van der Waals surface area contributed by atoms with E-state index in [4.69, 9.17) is 16.3 Å². The summed E-state index contributed by atoms with van der Waals surface area (Å²) in [6.45, 7) is 1.85. The van der Waals surface area contributed by atoms with Crippen molar-refractivity contribution >= 4 is 33.4 Å². The van der Waals surface area contributed by atoms with Crippen LogP contribution in [0, 0.1) is 5.82 Å². The lowest BCUT2D eigenvalue weighted by molar-refractivity contribution is -0.127.